The molecule has 10 heteroatoms. The number of cyclic esters (lactones) is 1. The van der Waals surface area contributed by atoms with Crippen LogP contribution in [0.1, 0.15) is 45.2 Å². The Hall–Kier alpha value is -3.50. The SMILES string of the molecule is CC(C)N1CC=C[C@@]23O[C@H]4/C=C\CCC(=O)OC[C@H](c5ccccc5)NC(=O)[C@H]4[C@@H]2C(=O)N([C@H](C)CO)[C@H]3C1=O. The highest BCUT2D eigenvalue weighted by atomic mass is 16.5. The lowest BCUT2D eigenvalue weighted by atomic mass is 9.77. The molecule has 0 unspecified atom stereocenters. The van der Waals surface area contributed by atoms with Crippen LogP contribution >= 0.6 is 0 Å². The summed E-state index contributed by atoms with van der Waals surface area (Å²) in [5.41, 5.74) is -0.641. The van der Waals surface area contributed by atoms with Crippen molar-refractivity contribution in [1.82, 2.24) is 15.1 Å². The quantitative estimate of drug-likeness (QED) is 0.429. The Morgan fingerprint density at radius 2 is 1.82 bits per heavy atom. The number of aliphatic hydroxyl groups excluding tert-OH is 1. The summed E-state index contributed by atoms with van der Waals surface area (Å²) < 4.78 is 12.1. The highest BCUT2D eigenvalue weighted by Crippen LogP contribution is 2.53. The van der Waals surface area contributed by atoms with Crippen molar-refractivity contribution in [3.8, 4) is 0 Å². The first-order valence-corrected chi connectivity index (χ1v) is 14.0. The van der Waals surface area contributed by atoms with E-state index in [9.17, 15) is 24.3 Å². The molecular formula is C30H37N3O7. The van der Waals surface area contributed by atoms with E-state index in [-0.39, 0.29) is 37.6 Å². The number of esters is 1. The Morgan fingerprint density at radius 3 is 2.52 bits per heavy atom. The highest BCUT2D eigenvalue weighted by molar-refractivity contribution is 6.00. The first kappa shape index (κ1) is 28.0. The molecule has 1 aromatic rings. The number of carbonyl (C=O) groups is 4. The third-order valence-electron chi connectivity index (χ3n) is 8.40. The first-order chi connectivity index (χ1) is 19.2. The molecule has 1 aromatic carbocycles. The number of rotatable bonds is 4. The first-order valence-electron chi connectivity index (χ1n) is 14.0. The van der Waals surface area contributed by atoms with Gasteiger partial charge in [0.2, 0.25) is 17.7 Å². The molecule has 4 aliphatic rings. The van der Waals surface area contributed by atoms with Gasteiger partial charge in [-0.1, -0.05) is 54.6 Å². The Labute approximate surface area is 234 Å². The minimum Gasteiger partial charge on any atom is -0.463 e. The number of nitrogens with zero attached hydrogens (tertiary/aromatic N) is 2. The number of benzene rings is 1. The fourth-order valence-electron chi connectivity index (χ4n) is 6.42. The van der Waals surface area contributed by atoms with Crippen LogP contribution in [0.25, 0.3) is 0 Å². The number of aliphatic hydroxyl groups is 1. The minimum atomic E-state index is -1.40. The van der Waals surface area contributed by atoms with Crippen molar-refractivity contribution in [3.05, 3.63) is 60.2 Å². The van der Waals surface area contributed by atoms with Crippen LogP contribution in [-0.2, 0) is 28.7 Å². The van der Waals surface area contributed by atoms with E-state index in [0.29, 0.717) is 13.0 Å². The molecule has 4 heterocycles. The van der Waals surface area contributed by atoms with Gasteiger partial charge >= 0.3 is 5.97 Å². The monoisotopic (exact) mass is 551 g/mol. The number of hydrogen-bond donors (Lipinski definition) is 2. The maximum Gasteiger partial charge on any atom is 0.306 e. The lowest BCUT2D eigenvalue weighted by Gasteiger charge is -2.38. The highest BCUT2D eigenvalue weighted by Gasteiger charge is 2.72. The Bertz CT molecular complexity index is 1210. The zero-order chi connectivity index (χ0) is 28.6. The molecule has 3 amide bonds. The standard InChI is InChI=1S/C30H37N3O7/c1-18(2)32-15-9-14-30-25(28(37)33(19(3)16-34)26(30)29(32)38)24-22(40-30)12-7-8-13-23(35)39-17-21(31-27(24)36)20-10-5-4-6-11-20/h4-7,9-12,14,18-19,21-22,24-26,34H,8,13,15-17H2,1-3H3,(H,31,36)/b12-7-/t19-,21-,22+,24-,25-,26+,30-/m1/s1. The van der Waals surface area contributed by atoms with Crippen LogP contribution in [0.5, 0.6) is 0 Å². The van der Waals surface area contributed by atoms with Crippen molar-refractivity contribution in [1.29, 1.82) is 0 Å². The van der Waals surface area contributed by atoms with E-state index in [1.807, 2.05) is 50.3 Å². The average Bonchev–Trinajstić information content (AvgIpc) is 3.33. The molecule has 5 rings (SSSR count). The third-order valence-corrected chi connectivity index (χ3v) is 8.40. The van der Waals surface area contributed by atoms with Crippen LogP contribution in [0.4, 0.5) is 0 Å². The number of ether oxygens (including phenoxy) is 2. The van der Waals surface area contributed by atoms with E-state index >= 15 is 0 Å². The predicted molar refractivity (Wildman–Crippen MR) is 144 cm³/mol. The largest absolute Gasteiger partial charge is 0.463 e. The molecule has 2 saturated heterocycles. The molecule has 2 fully saturated rings. The second-order valence-electron chi connectivity index (χ2n) is 11.2. The van der Waals surface area contributed by atoms with Crippen molar-refractivity contribution in [2.45, 2.75) is 69.5 Å². The molecule has 10 nitrogen and oxygen atoms in total. The van der Waals surface area contributed by atoms with Gasteiger partial charge in [0.05, 0.1) is 36.6 Å². The predicted octanol–water partition coefficient (Wildman–Crippen LogP) is 1.51. The van der Waals surface area contributed by atoms with Gasteiger partial charge in [0.25, 0.3) is 0 Å². The molecule has 7 atom stereocenters. The average molecular weight is 552 g/mol. The van der Waals surface area contributed by atoms with E-state index in [0.717, 1.165) is 5.56 Å². The van der Waals surface area contributed by atoms with Crippen LogP contribution in [-0.4, -0.2) is 88.2 Å². The Morgan fingerprint density at radius 1 is 1.07 bits per heavy atom. The summed E-state index contributed by atoms with van der Waals surface area (Å²) in [4.78, 5) is 57.8. The zero-order valence-electron chi connectivity index (χ0n) is 23.1. The molecule has 0 aliphatic carbocycles. The number of amides is 3. The molecule has 40 heavy (non-hydrogen) atoms. The van der Waals surface area contributed by atoms with E-state index in [1.54, 1.807) is 30.1 Å². The van der Waals surface area contributed by atoms with Crippen LogP contribution in [0.15, 0.2) is 54.6 Å². The summed E-state index contributed by atoms with van der Waals surface area (Å²) in [7, 11) is 0. The van der Waals surface area contributed by atoms with Crippen molar-refractivity contribution < 1.29 is 33.8 Å². The smallest absolute Gasteiger partial charge is 0.306 e. The molecular weight excluding hydrogens is 514 g/mol. The van der Waals surface area contributed by atoms with Gasteiger partial charge in [0.15, 0.2) is 0 Å². The maximum atomic E-state index is 14.2. The van der Waals surface area contributed by atoms with Crippen molar-refractivity contribution in [3.63, 3.8) is 0 Å². The number of fused-ring (bicyclic) bond motifs is 2. The van der Waals surface area contributed by atoms with Gasteiger partial charge in [-0.25, -0.2) is 0 Å². The molecule has 214 valence electrons. The summed E-state index contributed by atoms with van der Waals surface area (Å²) in [5, 5.41) is 13.1. The Kier molecular flexibility index (Phi) is 7.83. The van der Waals surface area contributed by atoms with Gasteiger partial charge in [0, 0.05) is 19.0 Å². The lowest BCUT2D eigenvalue weighted by molar-refractivity contribution is -0.151. The van der Waals surface area contributed by atoms with Crippen LogP contribution in [0.2, 0.25) is 0 Å². The second-order valence-corrected chi connectivity index (χ2v) is 11.2. The maximum absolute atomic E-state index is 14.2. The molecule has 0 radical (unpaired) electrons. The molecule has 0 bridgehead atoms. The summed E-state index contributed by atoms with van der Waals surface area (Å²) in [6, 6.07) is 6.73. The van der Waals surface area contributed by atoms with Gasteiger partial charge in [0.1, 0.15) is 18.2 Å². The third kappa shape index (κ3) is 4.73. The summed E-state index contributed by atoms with van der Waals surface area (Å²) >= 11 is 0. The number of nitrogens with one attached hydrogen (secondary N) is 1. The summed E-state index contributed by atoms with van der Waals surface area (Å²) in [5.74, 6) is -3.44. The van der Waals surface area contributed by atoms with Gasteiger partial charge in [-0.3, -0.25) is 19.2 Å². The van der Waals surface area contributed by atoms with Gasteiger partial charge < -0.3 is 29.7 Å². The van der Waals surface area contributed by atoms with Crippen LogP contribution in [0.3, 0.4) is 0 Å². The fourth-order valence-corrected chi connectivity index (χ4v) is 6.42. The molecule has 1 spiro atoms. The van der Waals surface area contributed by atoms with E-state index in [2.05, 4.69) is 5.32 Å². The van der Waals surface area contributed by atoms with E-state index in [1.165, 1.54) is 4.90 Å². The fraction of sp³-hybridized carbons (Fsp3) is 0.533. The number of carbonyl (C=O) groups excluding carboxylic acids is 4. The van der Waals surface area contributed by atoms with Crippen molar-refractivity contribution in [2.24, 2.45) is 11.8 Å². The summed E-state index contributed by atoms with van der Waals surface area (Å²) in [6.45, 7) is 5.44. The molecule has 2 N–H and O–H groups in total. The van der Waals surface area contributed by atoms with Crippen molar-refractivity contribution >= 4 is 23.7 Å². The molecule has 4 aliphatic heterocycles. The number of likely N-dealkylation sites (tertiary alicyclic amines) is 1. The number of allylic oxidation sites excluding steroid dienone is 1. The van der Waals surface area contributed by atoms with Gasteiger partial charge in [-0.2, -0.15) is 0 Å². The topological polar surface area (TPSA) is 125 Å². The number of hydrogen-bond acceptors (Lipinski definition) is 7. The van der Waals surface area contributed by atoms with E-state index < -0.39 is 53.5 Å². The zero-order valence-corrected chi connectivity index (χ0v) is 23.1. The Balaban J connectivity index is 1.60. The lowest BCUT2D eigenvalue weighted by Crippen LogP contribution is -2.58. The van der Waals surface area contributed by atoms with Gasteiger partial charge in [-0.15, -0.1) is 0 Å². The van der Waals surface area contributed by atoms with Crippen LogP contribution in [0, 0.1) is 11.8 Å². The molecule has 0 aromatic heterocycles. The molecule has 0 saturated carbocycles. The second kappa shape index (κ2) is 11.2. The normalized spacial score (nSPS) is 34.2. The minimum absolute atomic E-state index is 0.0572. The van der Waals surface area contributed by atoms with E-state index in [4.69, 9.17) is 9.47 Å². The van der Waals surface area contributed by atoms with Crippen LogP contribution < -0.4 is 5.32 Å². The van der Waals surface area contributed by atoms with Gasteiger partial charge in [-0.05, 0) is 32.8 Å². The van der Waals surface area contributed by atoms with Crippen molar-refractivity contribution in [2.75, 3.05) is 19.8 Å². The summed E-state index contributed by atoms with van der Waals surface area (Å²) in [6.07, 6.45) is 6.81.